The Morgan fingerprint density at radius 1 is 1.12 bits per heavy atom. The molecule has 3 atom stereocenters. The van der Waals surface area contributed by atoms with Gasteiger partial charge in [-0.05, 0) is 42.9 Å². The first-order chi connectivity index (χ1) is 12.1. The van der Waals surface area contributed by atoms with Gasteiger partial charge in [-0.2, -0.15) is 0 Å². The van der Waals surface area contributed by atoms with Crippen molar-refractivity contribution in [2.45, 2.75) is 37.8 Å². The van der Waals surface area contributed by atoms with Gasteiger partial charge in [0.1, 0.15) is 11.3 Å². The van der Waals surface area contributed by atoms with E-state index in [9.17, 15) is 5.11 Å². The van der Waals surface area contributed by atoms with Crippen LogP contribution < -0.4 is 5.32 Å². The lowest BCUT2D eigenvalue weighted by atomic mass is 9.79. The van der Waals surface area contributed by atoms with E-state index in [2.05, 4.69) is 41.2 Å². The van der Waals surface area contributed by atoms with Gasteiger partial charge >= 0.3 is 0 Å². The van der Waals surface area contributed by atoms with E-state index in [1.54, 1.807) is 0 Å². The van der Waals surface area contributed by atoms with Crippen LogP contribution in [0.2, 0.25) is 0 Å². The van der Waals surface area contributed by atoms with Crippen molar-refractivity contribution in [1.82, 2.24) is 9.55 Å². The van der Waals surface area contributed by atoms with E-state index in [1.165, 1.54) is 18.4 Å². The number of fused-ring (bicyclic) bond motifs is 3. The van der Waals surface area contributed by atoms with Gasteiger partial charge in [-0.3, -0.25) is 0 Å². The molecule has 5 rings (SSSR count). The number of aromatic nitrogens is 2. The molecule has 1 aliphatic carbocycles. The van der Waals surface area contributed by atoms with E-state index >= 15 is 0 Å². The number of aliphatic hydroxyl groups excluding tert-OH is 1. The van der Waals surface area contributed by atoms with Crippen molar-refractivity contribution in [2.75, 3.05) is 5.32 Å². The number of benzene rings is 2. The average molecular weight is 333 g/mol. The smallest absolute Gasteiger partial charge is 0.112 e. The molecule has 4 nitrogen and oxygen atoms in total. The molecule has 1 aliphatic heterocycles. The van der Waals surface area contributed by atoms with Crippen molar-refractivity contribution in [3.05, 3.63) is 59.4 Å². The van der Waals surface area contributed by atoms with Crippen molar-refractivity contribution in [3.8, 4) is 0 Å². The average Bonchev–Trinajstić information content (AvgIpc) is 3.42. The molecule has 0 amide bonds. The van der Waals surface area contributed by atoms with Crippen molar-refractivity contribution in [2.24, 2.45) is 13.0 Å². The van der Waals surface area contributed by atoms with E-state index in [-0.39, 0.29) is 12.0 Å². The highest BCUT2D eigenvalue weighted by atomic mass is 16.3. The number of hydrogen-bond donors (Lipinski definition) is 2. The monoisotopic (exact) mass is 333 g/mol. The number of aliphatic hydroxyl groups is 1. The second kappa shape index (κ2) is 5.33. The van der Waals surface area contributed by atoms with E-state index in [4.69, 9.17) is 4.98 Å². The van der Waals surface area contributed by atoms with Crippen LogP contribution in [0.25, 0.3) is 11.0 Å². The predicted molar refractivity (Wildman–Crippen MR) is 99.7 cm³/mol. The van der Waals surface area contributed by atoms with Crippen LogP contribution in [-0.2, 0) is 7.05 Å². The van der Waals surface area contributed by atoms with Gasteiger partial charge in [-0.25, -0.2) is 4.98 Å². The Balaban J connectivity index is 1.71. The van der Waals surface area contributed by atoms with E-state index in [1.807, 2.05) is 25.1 Å². The molecule has 0 radical (unpaired) electrons. The van der Waals surface area contributed by atoms with E-state index < -0.39 is 6.10 Å². The summed E-state index contributed by atoms with van der Waals surface area (Å²) in [5, 5.41) is 14.8. The minimum atomic E-state index is -0.412. The molecule has 2 N–H and O–H groups in total. The SMILES string of the molecule is Cc1nc2c3c(ccc2n1C)[C@H](C1CC1)[C@H](O)[C@@H](c1ccccc1)N3. The van der Waals surface area contributed by atoms with Crippen LogP contribution in [0.5, 0.6) is 0 Å². The highest BCUT2D eigenvalue weighted by Crippen LogP contribution is 2.53. The molecule has 4 heteroatoms. The summed E-state index contributed by atoms with van der Waals surface area (Å²) in [7, 11) is 2.06. The third kappa shape index (κ3) is 2.20. The van der Waals surface area contributed by atoms with Crippen molar-refractivity contribution in [1.29, 1.82) is 0 Å². The molecule has 0 bridgehead atoms. The van der Waals surface area contributed by atoms with Crippen molar-refractivity contribution >= 4 is 16.7 Å². The zero-order chi connectivity index (χ0) is 17.1. The summed E-state index contributed by atoms with van der Waals surface area (Å²) in [6.45, 7) is 2.04. The maximum Gasteiger partial charge on any atom is 0.112 e. The van der Waals surface area contributed by atoms with Crippen LogP contribution in [-0.4, -0.2) is 20.8 Å². The lowest BCUT2D eigenvalue weighted by molar-refractivity contribution is 0.108. The molecule has 1 saturated carbocycles. The van der Waals surface area contributed by atoms with Crippen LogP contribution in [0.1, 0.15) is 41.8 Å². The first kappa shape index (κ1) is 15.0. The quantitative estimate of drug-likeness (QED) is 0.748. The largest absolute Gasteiger partial charge is 0.390 e. The first-order valence-corrected chi connectivity index (χ1v) is 9.10. The van der Waals surface area contributed by atoms with Crippen LogP contribution >= 0.6 is 0 Å². The summed E-state index contributed by atoms with van der Waals surface area (Å²) >= 11 is 0. The number of nitrogens with zero attached hydrogens (tertiary/aromatic N) is 2. The van der Waals surface area contributed by atoms with Crippen LogP contribution in [0.3, 0.4) is 0 Å². The topological polar surface area (TPSA) is 50.1 Å². The van der Waals surface area contributed by atoms with Gasteiger partial charge in [0.15, 0.2) is 0 Å². The molecule has 2 aromatic carbocycles. The summed E-state index contributed by atoms with van der Waals surface area (Å²) in [5.74, 6) is 1.79. The summed E-state index contributed by atoms with van der Waals surface area (Å²) < 4.78 is 2.13. The molecular weight excluding hydrogens is 310 g/mol. The summed E-state index contributed by atoms with van der Waals surface area (Å²) in [4.78, 5) is 4.81. The van der Waals surface area contributed by atoms with Crippen LogP contribution in [0, 0.1) is 12.8 Å². The molecular formula is C21H23N3O. The predicted octanol–water partition coefficient (Wildman–Crippen LogP) is 3.90. The van der Waals surface area contributed by atoms with Gasteiger partial charge in [0, 0.05) is 13.0 Å². The highest BCUT2D eigenvalue weighted by Gasteiger charge is 2.45. The highest BCUT2D eigenvalue weighted by molar-refractivity contribution is 5.92. The standard InChI is InChI=1S/C21H23N3O/c1-12-22-20-16(24(12)2)11-10-15-17(13-8-9-13)21(25)18(23-19(15)20)14-6-4-3-5-7-14/h3-7,10-11,13,17-18,21,23,25H,8-9H2,1-2H3/t17-,18+,21-/m0/s1. The lowest BCUT2D eigenvalue weighted by Gasteiger charge is -2.38. The zero-order valence-electron chi connectivity index (χ0n) is 14.6. The van der Waals surface area contributed by atoms with Crippen molar-refractivity contribution in [3.63, 3.8) is 0 Å². The molecule has 25 heavy (non-hydrogen) atoms. The molecule has 1 aromatic heterocycles. The van der Waals surface area contributed by atoms with E-state index in [0.29, 0.717) is 5.92 Å². The molecule has 0 saturated heterocycles. The fourth-order valence-electron chi connectivity index (χ4n) is 4.38. The molecule has 0 spiro atoms. The Labute approximate surface area is 147 Å². The molecule has 2 heterocycles. The fourth-order valence-corrected chi connectivity index (χ4v) is 4.38. The Hall–Kier alpha value is -2.33. The Morgan fingerprint density at radius 2 is 1.88 bits per heavy atom. The number of nitrogens with one attached hydrogen (secondary N) is 1. The second-order valence-corrected chi connectivity index (χ2v) is 7.50. The molecule has 1 fully saturated rings. The summed E-state index contributed by atoms with van der Waals surface area (Å²) in [6, 6.07) is 14.5. The van der Waals surface area contributed by atoms with E-state index in [0.717, 1.165) is 28.1 Å². The summed E-state index contributed by atoms with van der Waals surface area (Å²) in [6.07, 6.45) is 2.01. The fraction of sp³-hybridized carbons (Fsp3) is 0.381. The normalized spacial score (nSPS) is 25.6. The molecule has 2 aliphatic rings. The third-order valence-corrected chi connectivity index (χ3v) is 5.97. The second-order valence-electron chi connectivity index (χ2n) is 7.50. The van der Waals surface area contributed by atoms with Crippen LogP contribution in [0.4, 0.5) is 5.69 Å². The Kier molecular flexibility index (Phi) is 3.19. The summed E-state index contributed by atoms with van der Waals surface area (Å²) in [5.41, 5.74) is 5.64. The zero-order valence-corrected chi connectivity index (χ0v) is 14.6. The third-order valence-electron chi connectivity index (χ3n) is 5.97. The maximum atomic E-state index is 11.2. The van der Waals surface area contributed by atoms with Crippen LogP contribution in [0.15, 0.2) is 42.5 Å². The minimum Gasteiger partial charge on any atom is -0.390 e. The number of imidazole rings is 1. The van der Waals surface area contributed by atoms with Crippen molar-refractivity contribution < 1.29 is 5.11 Å². The number of aryl methyl sites for hydroxylation is 2. The minimum absolute atomic E-state index is 0.0905. The van der Waals surface area contributed by atoms with Gasteiger partial charge < -0.3 is 15.0 Å². The lowest BCUT2D eigenvalue weighted by Crippen LogP contribution is -2.37. The number of hydrogen-bond acceptors (Lipinski definition) is 3. The van der Waals surface area contributed by atoms with Gasteiger partial charge in [0.2, 0.25) is 0 Å². The first-order valence-electron chi connectivity index (χ1n) is 9.10. The van der Waals surface area contributed by atoms with Gasteiger partial charge in [-0.15, -0.1) is 0 Å². The Bertz CT molecular complexity index is 943. The maximum absolute atomic E-state index is 11.2. The molecule has 3 aromatic rings. The van der Waals surface area contributed by atoms with Gasteiger partial charge in [0.05, 0.1) is 23.3 Å². The number of rotatable bonds is 2. The molecule has 128 valence electrons. The number of anilines is 1. The molecule has 0 unspecified atom stereocenters. The van der Waals surface area contributed by atoms with Gasteiger partial charge in [0.25, 0.3) is 0 Å². The van der Waals surface area contributed by atoms with Gasteiger partial charge in [-0.1, -0.05) is 36.4 Å². The Morgan fingerprint density at radius 3 is 2.60 bits per heavy atom.